The number of nitrogens with zero attached hydrogens (tertiary/aromatic N) is 1. The van der Waals surface area contributed by atoms with Gasteiger partial charge in [0.1, 0.15) is 0 Å². The predicted molar refractivity (Wildman–Crippen MR) is 90.4 cm³/mol. The molecule has 0 spiro atoms. The van der Waals surface area contributed by atoms with Gasteiger partial charge in [0.05, 0.1) is 0 Å². The van der Waals surface area contributed by atoms with Crippen LogP contribution in [0.5, 0.6) is 0 Å². The number of aryl methyl sites for hydroxylation is 1. The van der Waals surface area contributed by atoms with E-state index in [0.29, 0.717) is 5.92 Å². The van der Waals surface area contributed by atoms with E-state index in [4.69, 9.17) is 11.1 Å². The molecule has 21 heavy (non-hydrogen) atoms. The average molecular weight is 281 g/mol. The summed E-state index contributed by atoms with van der Waals surface area (Å²) >= 11 is 0. The molecular formula is C18H23N3. The number of rotatable bonds is 4. The topological polar surface area (TPSA) is 53.1 Å². The molecule has 110 valence electrons. The molecule has 2 rings (SSSR count). The van der Waals surface area contributed by atoms with Crippen LogP contribution in [0.3, 0.4) is 0 Å². The zero-order chi connectivity index (χ0) is 15.4. The summed E-state index contributed by atoms with van der Waals surface area (Å²) in [6.45, 7) is 6.44. The van der Waals surface area contributed by atoms with Gasteiger partial charge in [-0.2, -0.15) is 0 Å². The lowest BCUT2D eigenvalue weighted by molar-refractivity contribution is 0.866. The minimum atomic E-state index is 0.0316. The van der Waals surface area contributed by atoms with Crippen molar-refractivity contribution in [2.45, 2.75) is 33.1 Å². The molecule has 0 aliphatic rings. The second-order valence-corrected chi connectivity index (χ2v) is 5.49. The van der Waals surface area contributed by atoms with Crippen LogP contribution in [0.25, 0.3) is 0 Å². The van der Waals surface area contributed by atoms with E-state index in [1.165, 1.54) is 11.1 Å². The van der Waals surface area contributed by atoms with Gasteiger partial charge in [-0.15, -0.1) is 0 Å². The Labute approximate surface area is 126 Å². The number of anilines is 2. The summed E-state index contributed by atoms with van der Waals surface area (Å²) in [4.78, 5) is 1.78. The molecule has 0 radical (unpaired) electrons. The summed E-state index contributed by atoms with van der Waals surface area (Å²) in [5.74, 6) is 0.477. The Morgan fingerprint density at radius 1 is 1.10 bits per heavy atom. The van der Waals surface area contributed by atoms with Crippen molar-refractivity contribution in [3.05, 3.63) is 59.7 Å². The Kier molecular flexibility index (Phi) is 4.63. The molecule has 0 saturated heterocycles. The zero-order valence-electron chi connectivity index (χ0n) is 12.9. The molecule has 0 heterocycles. The van der Waals surface area contributed by atoms with Crippen molar-refractivity contribution in [1.29, 1.82) is 5.41 Å². The fourth-order valence-electron chi connectivity index (χ4n) is 2.37. The summed E-state index contributed by atoms with van der Waals surface area (Å²) < 4.78 is 0. The van der Waals surface area contributed by atoms with E-state index in [1.54, 1.807) is 4.90 Å². The van der Waals surface area contributed by atoms with E-state index in [2.05, 4.69) is 45.0 Å². The highest BCUT2D eigenvalue weighted by atomic mass is 15.2. The Hall–Kier alpha value is -2.29. The number of hydrogen-bond donors (Lipinski definition) is 2. The van der Waals surface area contributed by atoms with E-state index >= 15 is 0 Å². The summed E-state index contributed by atoms with van der Waals surface area (Å²) in [5.41, 5.74) is 10.2. The standard InChI is InChI=1S/C18H23N3/c1-4-14-7-5-9-16(11-14)21(18(19)20)17-10-6-8-15(12-17)13(2)3/h5-13H,4H2,1-3H3,(H3,19,20). The first kappa shape index (κ1) is 15.1. The second kappa shape index (κ2) is 6.44. The van der Waals surface area contributed by atoms with Gasteiger partial charge in [-0.05, 0) is 47.7 Å². The number of guanidine groups is 1. The van der Waals surface area contributed by atoms with E-state index in [0.717, 1.165) is 17.8 Å². The molecule has 0 aromatic heterocycles. The highest BCUT2D eigenvalue weighted by Crippen LogP contribution is 2.28. The van der Waals surface area contributed by atoms with Crippen molar-refractivity contribution in [3.63, 3.8) is 0 Å². The lowest BCUT2D eigenvalue weighted by atomic mass is 10.0. The molecule has 0 bridgehead atoms. The molecule has 2 aromatic rings. The Balaban J connectivity index is 2.48. The Morgan fingerprint density at radius 2 is 1.71 bits per heavy atom. The quantitative estimate of drug-likeness (QED) is 0.644. The molecule has 2 aromatic carbocycles. The number of hydrogen-bond acceptors (Lipinski definition) is 1. The number of nitrogens with two attached hydrogens (primary N) is 1. The maximum Gasteiger partial charge on any atom is 0.197 e. The van der Waals surface area contributed by atoms with Gasteiger partial charge in [-0.3, -0.25) is 10.3 Å². The normalized spacial score (nSPS) is 10.7. The molecule has 3 nitrogen and oxygen atoms in total. The summed E-state index contributed by atoms with van der Waals surface area (Å²) in [6, 6.07) is 16.4. The van der Waals surface area contributed by atoms with Crippen LogP contribution in [0.4, 0.5) is 11.4 Å². The Bertz CT molecular complexity index is 632. The van der Waals surface area contributed by atoms with E-state index < -0.39 is 0 Å². The van der Waals surface area contributed by atoms with Gasteiger partial charge in [0, 0.05) is 11.4 Å². The first-order valence-corrected chi connectivity index (χ1v) is 7.36. The highest BCUT2D eigenvalue weighted by Gasteiger charge is 2.13. The largest absolute Gasteiger partial charge is 0.369 e. The maximum absolute atomic E-state index is 7.94. The van der Waals surface area contributed by atoms with Crippen molar-refractivity contribution >= 4 is 17.3 Å². The van der Waals surface area contributed by atoms with Crippen LogP contribution < -0.4 is 10.6 Å². The Morgan fingerprint density at radius 3 is 2.29 bits per heavy atom. The third-order valence-electron chi connectivity index (χ3n) is 3.61. The van der Waals surface area contributed by atoms with Gasteiger partial charge in [0.2, 0.25) is 0 Å². The van der Waals surface area contributed by atoms with Crippen LogP contribution in [0, 0.1) is 5.41 Å². The lowest BCUT2D eigenvalue weighted by Crippen LogP contribution is -2.32. The molecule has 0 atom stereocenters. The fourth-order valence-corrected chi connectivity index (χ4v) is 2.37. The molecule has 0 aliphatic carbocycles. The van der Waals surface area contributed by atoms with E-state index in [-0.39, 0.29) is 5.96 Å². The van der Waals surface area contributed by atoms with E-state index in [1.807, 2.05) is 24.3 Å². The van der Waals surface area contributed by atoms with Crippen LogP contribution in [-0.2, 0) is 6.42 Å². The van der Waals surface area contributed by atoms with Crippen molar-refractivity contribution in [2.24, 2.45) is 5.73 Å². The molecule has 0 amide bonds. The highest BCUT2D eigenvalue weighted by molar-refractivity contribution is 6.00. The van der Waals surface area contributed by atoms with Crippen LogP contribution in [-0.4, -0.2) is 5.96 Å². The first-order valence-electron chi connectivity index (χ1n) is 7.36. The van der Waals surface area contributed by atoms with Crippen molar-refractivity contribution < 1.29 is 0 Å². The smallest absolute Gasteiger partial charge is 0.197 e. The molecule has 0 aliphatic heterocycles. The summed E-state index contributed by atoms with van der Waals surface area (Å²) in [5, 5.41) is 7.94. The molecule has 3 heteroatoms. The van der Waals surface area contributed by atoms with Crippen LogP contribution in [0.2, 0.25) is 0 Å². The molecule has 0 fully saturated rings. The molecule has 0 saturated carbocycles. The SMILES string of the molecule is CCc1cccc(N(C(=N)N)c2cccc(C(C)C)c2)c1. The van der Waals surface area contributed by atoms with Crippen LogP contribution in [0.15, 0.2) is 48.5 Å². The number of benzene rings is 2. The molecule has 0 unspecified atom stereocenters. The third kappa shape index (κ3) is 3.43. The van der Waals surface area contributed by atoms with Crippen LogP contribution in [0.1, 0.15) is 37.8 Å². The lowest BCUT2D eigenvalue weighted by Gasteiger charge is -2.24. The average Bonchev–Trinajstić information content (AvgIpc) is 2.47. The fraction of sp³-hybridized carbons (Fsp3) is 0.278. The van der Waals surface area contributed by atoms with Gasteiger partial charge in [-0.25, -0.2) is 0 Å². The van der Waals surface area contributed by atoms with Gasteiger partial charge in [0.15, 0.2) is 5.96 Å². The summed E-state index contributed by atoms with van der Waals surface area (Å²) in [6.07, 6.45) is 0.964. The van der Waals surface area contributed by atoms with Crippen molar-refractivity contribution in [2.75, 3.05) is 4.90 Å². The van der Waals surface area contributed by atoms with Gasteiger partial charge >= 0.3 is 0 Å². The van der Waals surface area contributed by atoms with Gasteiger partial charge in [0.25, 0.3) is 0 Å². The second-order valence-electron chi connectivity index (χ2n) is 5.49. The van der Waals surface area contributed by atoms with Gasteiger partial charge < -0.3 is 5.73 Å². The van der Waals surface area contributed by atoms with Crippen LogP contribution >= 0.6 is 0 Å². The molecule has 3 N–H and O–H groups in total. The van der Waals surface area contributed by atoms with Gasteiger partial charge in [-0.1, -0.05) is 45.0 Å². The zero-order valence-corrected chi connectivity index (χ0v) is 12.9. The minimum absolute atomic E-state index is 0.0316. The number of nitrogens with one attached hydrogen (secondary N) is 1. The molecular weight excluding hydrogens is 258 g/mol. The summed E-state index contributed by atoms with van der Waals surface area (Å²) in [7, 11) is 0. The van der Waals surface area contributed by atoms with Crippen molar-refractivity contribution in [1.82, 2.24) is 0 Å². The minimum Gasteiger partial charge on any atom is -0.369 e. The monoisotopic (exact) mass is 281 g/mol. The van der Waals surface area contributed by atoms with Crippen molar-refractivity contribution in [3.8, 4) is 0 Å². The third-order valence-corrected chi connectivity index (χ3v) is 3.61. The predicted octanol–water partition coefficient (Wildman–Crippen LogP) is 4.40. The maximum atomic E-state index is 7.94. The first-order chi connectivity index (χ1) is 10.0. The van der Waals surface area contributed by atoms with E-state index in [9.17, 15) is 0 Å².